The van der Waals surface area contributed by atoms with Gasteiger partial charge in [-0.1, -0.05) is 0 Å². The molecule has 0 amide bonds. The molecule has 0 aliphatic carbocycles. The van der Waals surface area contributed by atoms with E-state index in [-0.39, 0.29) is 0 Å². The number of likely N-dealkylation sites (N-methyl/N-ethyl adjacent to an activating group) is 1. The standard InChI is InChI=1S/C9H16N4/c1-6(10-4)5-9-11-7(2)8(3)12-13-9/h6,10H,5H2,1-4H3. The van der Waals surface area contributed by atoms with Crippen molar-refractivity contribution in [1.29, 1.82) is 0 Å². The van der Waals surface area contributed by atoms with Gasteiger partial charge in [0, 0.05) is 12.5 Å². The molecule has 1 N–H and O–H groups in total. The number of aromatic nitrogens is 3. The molecule has 0 spiro atoms. The summed E-state index contributed by atoms with van der Waals surface area (Å²) in [5.41, 5.74) is 1.87. The smallest absolute Gasteiger partial charge is 0.152 e. The van der Waals surface area contributed by atoms with E-state index in [4.69, 9.17) is 0 Å². The number of nitrogens with zero attached hydrogens (tertiary/aromatic N) is 3. The van der Waals surface area contributed by atoms with Gasteiger partial charge < -0.3 is 5.32 Å². The lowest BCUT2D eigenvalue weighted by molar-refractivity contribution is 0.581. The van der Waals surface area contributed by atoms with Crippen LogP contribution in [-0.4, -0.2) is 28.3 Å². The Hall–Kier alpha value is -1.03. The van der Waals surface area contributed by atoms with E-state index in [1.807, 2.05) is 20.9 Å². The zero-order valence-corrected chi connectivity index (χ0v) is 8.63. The molecule has 0 bridgehead atoms. The van der Waals surface area contributed by atoms with Gasteiger partial charge in [-0.25, -0.2) is 4.98 Å². The third-order valence-electron chi connectivity index (χ3n) is 2.12. The molecule has 0 saturated carbocycles. The summed E-state index contributed by atoms with van der Waals surface area (Å²) in [6.45, 7) is 5.97. The summed E-state index contributed by atoms with van der Waals surface area (Å²) in [7, 11) is 1.93. The SMILES string of the molecule is CNC(C)Cc1nnc(C)c(C)n1. The first-order valence-electron chi connectivity index (χ1n) is 4.47. The molecule has 0 aliphatic rings. The highest BCUT2D eigenvalue weighted by Gasteiger charge is 2.05. The van der Waals surface area contributed by atoms with E-state index in [9.17, 15) is 0 Å². The van der Waals surface area contributed by atoms with Crippen molar-refractivity contribution >= 4 is 0 Å². The largest absolute Gasteiger partial charge is 0.317 e. The topological polar surface area (TPSA) is 50.7 Å². The first-order chi connectivity index (χ1) is 6.13. The summed E-state index contributed by atoms with van der Waals surface area (Å²) >= 11 is 0. The van der Waals surface area contributed by atoms with Gasteiger partial charge in [-0.05, 0) is 27.8 Å². The van der Waals surface area contributed by atoms with Crippen molar-refractivity contribution in [1.82, 2.24) is 20.5 Å². The highest BCUT2D eigenvalue weighted by atomic mass is 15.2. The Kier molecular flexibility index (Phi) is 3.31. The Morgan fingerprint density at radius 3 is 2.46 bits per heavy atom. The van der Waals surface area contributed by atoms with Crippen molar-refractivity contribution in [2.45, 2.75) is 33.2 Å². The van der Waals surface area contributed by atoms with E-state index in [2.05, 4.69) is 27.4 Å². The second kappa shape index (κ2) is 4.28. The van der Waals surface area contributed by atoms with E-state index >= 15 is 0 Å². The molecule has 1 aromatic rings. The lowest BCUT2D eigenvalue weighted by Gasteiger charge is -2.08. The number of hydrogen-bond donors (Lipinski definition) is 1. The van der Waals surface area contributed by atoms with Crippen molar-refractivity contribution in [3.05, 3.63) is 17.2 Å². The maximum absolute atomic E-state index is 4.35. The fraction of sp³-hybridized carbons (Fsp3) is 0.667. The number of rotatable bonds is 3. The van der Waals surface area contributed by atoms with Gasteiger partial charge in [-0.15, -0.1) is 5.10 Å². The molecule has 1 aromatic heterocycles. The van der Waals surface area contributed by atoms with Crippen molar-refractivity contribution in [3.8, 4) is 0 Å². The third kappa shape index (κ3) is 2.73. The second-order valence-electron chi connectivity index (χ2n) is 3.29. The molecule has 1 heterocycles. The average Bonchev–Trinajstić information content (AvgIpc) is 2.11. The zero-order valence-electron chi connectivity index (χ0n) is 8.63. The van der Waals surface area contributed by atoms with E-state index in [1.165, 1.54) is 0 Å². The molecule has 1 unspecified atom stereocenters. The van der Waals surface area contributed by atoms with E-state index in [1.54, 1.807) is 0 Å². The Morgan fingerprint density at radius 1 is 1.23 bits per heavy atom. The Labute approximate surface area is 78.8 Å². The molecule has 1 atom stereocenters. The van der Waals surface area contributed by atoms with Gasteiger partial charge in [0.1, 0.15) is 0 Å². The predicted molar refractivity (Wildman–Crippen MR) is 51.5 cm³/mol. The molecule has 4 nitrogen and oxygen atoms in total. The number of nitrogens with one attached hydrogen (secondary N) is 1. The van der Waals surface area contributed by atoms with Crippen LogP contribution < -0.4 is 5.32 Å². The average molecular weight is 180 g/mol. The van der Waals surface area contributed by atoms with Crippen LogP contribution in [0.1, 0.15) is 24.1 Å². The van der Waals surface area contributed by atoms with Crippen LogP contribution >= 0.6 is 0 Å². The van der Waals surface area contributed by atoms with Gasteiger partial charge >= 0.3 is 0 Å². The van der Waals surface area contributed by atoms with E-state index in [0.29, 0.717) is 6.04 Å². The summed E-state index contributed by atoms with van der Waals surface area (Å²) < 4.78 is 0. The Balaban J connectivity index is 2.73. The third-order valence-corrected chi connectivity index (χ3v) is 2.12. The number of hydrogen-bond acceptors (Lipinski definition) is 4. The summed E-state index contributed by atoms with van der Waals surface area (Å²) in [4.78, 5) is 4.35. The Morgan fingerprint density at radius 2 is 1.92 bits per heavy atom. The first-order valence-corrected chi connectivity index (χ1v) is 4.47. The van der Waals surface area contributed by atoms with Gasteiger partial charge in [-0.3, -0.25) is 0 Å². The lowest BCUT2D eigenvalue weighted by Crippen LogP contribution is -2.25. The zero-order chi connectivity index (χ0) is 9.84. The van der Waals surface area contributed by atoms with Gasteiger partial charge in [0.15, 0.2) is 5.82 Å². The number of aryl methyl sites for hydroxylation is 2. The maximum Gasteiger partial charge on any atom is 0.152 e. The molecule has 1 rings (SSSR count). The van der Waals surface area contributed by atoms with Crippen LogP contribution in [0.5, 0.6) is 0 Å². The molecule has 0 fully saturated rings. The van der Waals surface area contributed by atoms with Crippen molar-refractivity contribution in [3.63, 3.8) is 0 Å². The normalized spacial score (nSPS) is 12.9. The fourth-order valence-electron chi connectivity index (χ4n) is 0.964. The van der Waals surface area contributed by atoms with Gasteiger partial charge in [0.05, 0.1) is 11.4 Å². The summed E-state index contributed by atoms with van der Waals surface area (Å²) in [6, 6.07) is 0.393. The molecule has 72 valence electrons. The molecule has 13 heavy (non-hydrogen) atoms. The van der Waals surface area contributed by atoms with Crippen LogP contribution in [0.2, 0.25) is 0 Å². The van der Waals surface area contributed by atoms with Crippen LogP contribution in [0.25, 0.3) is 0 Å². The van der Waals surface area contributed by atoms with Crippen LogP contribution in [-0.2, 0) is 6.42 Å². The molecular weight excluding hydrogens is 164 g/mol. The van der Waals surface area contributed by atoms with Crippen LogP contribution in [0, 0.1) is 13.8 Å². The van der Waals surface area contributed by atoms with E-state index < -0.39 is 0 Å². The van der Waals surface area contributed by atoms with E-state index in [0.717, 1.165) is 23.6 Å². The van der Waals surface area contributed by atoms with Crippen LogP contribution in [0.3, 0.4) is 0 Å². The molecule has 0 saturated heterocycles. The lowest BCUT2D eigenvalue weighted by atomic mass is 10.2. The van der Waals surface area contributed by atoms with Crippen molar-refractivity contribution < 1.29 is 0 Å². The quantitative estimate of drug-likeness (QED) is 0.741. The first kappa shape index (κ1) is 10.1. The summed E-state index contributed by atoms with van der Waals surface area (Å²) in [5.74, 6) is 0.810. The van der Waals surface area contributed by atoms with Gasteiger partial charge in [-0.2, -0.15) is 5.10 Å². The van der Waals surface area contributed by atoms with Crippen molar-refractivity contribution in [2.75, 3.05) is 7.05 Å². The minimum Gasteiger partial charge on any atom is -0.317 e. The highest BCUT2D eigenvalue weighted by molar-refractivity contribution is 5.05. The Bertz CT molecular complexity index is 285. The minimum atomic E-state index is 0.393. The summed E-state index contributed by atoms with van der Waals surface area (Å²) in [5, 5.41) is 11.2. The predicted octanol–water partition coefficient (Wildman–Crippen LogP) is 0.639. The summed E-state index contributed by atoms with van der Waals surface area (Å²) in [6.07, 6.45) is 0.824. The fourth-order valence-corrected chi connectivity index (χ4v) is 0.964. The van der Waals surface area contributed by atoms with Crippen molar-refractivity contribution in [2.24, 2.45) is 0 Å². The van der Waals surface area contributed by atoms with Crippen LogP contribution in [0.4, 0.5) is 0 Å². The molecule has 0 aromatic carbocycles. The second-order valence-corrected chi connectivity index (χ2v) is 3.29. The molecule has 0 aliphatic heterocycles. The maximum atomic E-state index is 4.35. The monoisotopic (exact) mass is 180 g/mol. The molecular formula is C9H16N4. The van der Waals surface area contributed by atoms with Crippen LogP contribution in [0.15, 0.2) is 0 Å². The molecule has 0 radical (unpaired) electrons. The minimum absolute atomic E-state index is 0.393. The highest BCUT2D eigenvalue weighted by Crippen LogP contribution is 2.00. The van der Waals surface area contributed by atoms with Gasteiger partial charge in [0.25, 0.3) is 0 Å². The molecule has 4 heteroatoms. The van der Waals surface area contributed by atoms with Gasteiger partial charge in [0.2, 0.25) is 0 Å².